The molecule has 1 aromatic carbocycles. The van der Waals surface area contributed by atoms with Crippen LogP contribution in [0.5, 0.6) is 11.5 Å². The summed E-state index contributed by atoms with van der Waals surface area (Å²) in [6, 6.07) is 6.19. The highest BCUT2D eigenvalue weighted by atomic mass is 16.5. The van der Waals surface area contributed by atoms with Gasteiger partial charge in [-0.2, -0.15) is 0 Å². The van der Waals surface area contributed by atoms with E-state index in [9.17, 15) is 4.79 Å². The van der Waals surface area contributed by atoms with E-state index >= 15 is 0 Å². The predicted octanol–water partition coefficient (Wildman–Crippen LogP) is 2.80. The summed E-state index contributed by atoms with van der Waals surface area (Å²) in [6.07, 6.45) is 8.44. The molecule has 138 valence electrons. The van der Waals surface area contributed by atoms with Gasteiger partial charge in [-0.1, -0.05) is 6.07 Å². The minimum atomic E-state index is -0.00783. The number of benzene rings is 1. The maximum atomic E-state index is 10.9. The van der Waals surface area contributed by atoms with Crippen LogP contribution in [0.4, 0.5) is 0 Å². The topological polar surface area (TPSA) is 67.8 Å². The first-order valence-electron chi connectivity index (χ1n) is 9.53. The number of hydrogen-bond acceptors (Lipinski definition) is 5. The van der Waals surface area contributed by atoms with E-state index in [-0.39, 0.29) is 18.8 Å². The normalized spacial score (nSPS) is 24.2. The lowest BCUT2D eigenvalue weighted by atomic mass is 9.89. The van der Waals surface area contributed by atoms with Gasteiger partial charge in [0.05, 0.1) is 18.8 Å². The van der Waals surface area contributed by atoms with Crippen molar-refractivity contribution in [2.75, 3.05) is 19.8 Å². The van der Waals surface area contributed by atoms with Gasteiger partial charge in [-0.3, -0.25) is 0 Å². The molecule has 0 bridgehead atoms. The molecule has 3 rings (SSSR count). The number of aldehydes is 1. The zero-order chi connectivity index (χ0) is 17.5. The smallest absolute Gasteiger partial charge is 0.161 e. The lowest BCUT2D eigenvalue weighted by molar-refractivity contribution is -0.110. The number of aliphatic hydroxyl groups is 1. The number of piperidine rings is 1. The summed E-state index contributed by atoms with van der Waals surface area (Å²) in [5.41, 5.74) is 1.24. The minimum absolute atomic E-state index is 0.00783. The van der Waals surface area contributed by atoms with Crippen molar-refractivity contribution in [1.82, 2.24) is 5.32 Å². The lowest BCUT2D eigenvalue weighted by Crippen LogP contribution is -2.38. The fraction of sp³-hybridized carbons (Fsp3) is 0.650. The van der Waals surface area contributed by atoms with E-state index in [1.54, 1.807) is 0 Å². The maximum absolute atomic E-state index is 10.9. The number of ether oxygens (including phenoxy) is 2. The molecule has 1 aliphatic heterocycles. The molecule has 5 nitrogen and oxygen atoms in total. The third kappa shape index (κ3) is 4.95. The molecule has 0 spiro atoms. The van der Waals surface area contributed by atoms with Gasteiger partial charge in [0, 0.05) is 19.6 Å². The second-order valence-electron chi connectivity index (χ2n) is 7.08. The van der Waals surface area contributed by atoms with E-state index in [0.717, 1.165) is 50.0 Å². The van der Waals surface area contributed by atoms with Gasteiger partial charge in [0.2, 0.25) is 0 Å². The van der Waals surface area contributed by atoms with Crippen LogP contribution < -0.4 is 14.8 Å². The van der Waals surface area contributed by atoms with E-state index in [1.807, 2.05) is 6.07 Å². The fourth-order valence-electron chi connectivity index (χ4n) is 3.70. The first kappa shape index (κ1) is 18.2. The van der Waals surface area contributed by atoms with Crippen molar-refractivity contribution in [2.24, 2.45) is 0 Å². The van der Waals surface area contributed by atoms with E-state index < -0.39 is 0 Å². The van der Waals surface area contributed by atoms with Crippen LogP contribution in [-0.4, -0.2) is 43.3 Å². The van der Waals surface area contributed by atoms with Gasteiger partial charge in [0.1, 0.15) is 6.29 Å². The van der Waals surface area contributed by atoms with Gasteiger partial charge in [-0.25, -0.2) is 0 Å². The second kappa shape index (κ2) is 9.20. The molecule has 2 N–H and O–H groups in total. The Labute approximate surface area is 149 Å². The Morgan fingerprint density at radius 2 is 2.00 bits per heavy atom. The first-order valence-corrected chi connectivity index (χ1v) is 9.53. The molecule has 1 heterocycles. The molecule has 2 atom stereocenters. The molecule has 1 aliphatic carbocycles. The Kier molecular flexibility index (Phi) is 6.70. The van der Waals surface area contributed by atoms with Gasteiger partial charge < -0.3 is 24.7 Å². The zero-order valence-electron chi connectivity index (χ0n) is 14.8. The molecular weight excluding hydrogens is 318 g/mol. The van der Waals surface area contributed by atoms with Crippen molar-refractivity contribution in [2.45, 2.75) is 63.0 Å². The highest BCUT2D eigenvalue weighted by molar-refractivity contribution is 5.57. The summed E-state index contributed by atoms with van der Waals surface area (Å²) in [5, 5.41) is 12.3. The molecule has 0 amide bonds. The maximum Gasteiger partial charge on any atom is 0.161 e. The van der Waals surface area contributed by atoms with Crippen molar-refractivity contribution in [1.29, 1.82) is 0 Å². The second-order valence-corrected chi connectivity index (χ2v) is 7.08. The molecule has 2 aliphatic rings. The van der Waals surface area contributed by atoms with Crippen LogP contribution in [0.1, 0.15) is 56.4 Å². The van der Waals surface area contributed by atoms with Crippen LogP contribution in [0, 0.1) is 0 Å². The highest BCUT2D eigenvalue weighted by Gasteiger charge is 2.24. The molecule has 2 fully saturated rings. The predicted molar refractivity (Wildman–Crippen MR) is 96.4 cm³/mol. The van der Waals surface area contributed by atoms with Crippen LogP contribution in [-0.2, 0) is 4.79 Å². The summed E-state index contributed by atoms with van der Waals surface area (Å²) in [4.78, 5) is 10.9. The van der Waals surface area contributed by atoms with Crippen molar-refractivity contribution in [3.63, 3.8) is 0 Å². The van der Waals surface area contributed by atoms with E-state index in [0.29, 0.717) is 18.9 Å². The van der Waals surface area contributed by atoms with Crippen molar-refractivity contribution in [3.8, 4) is 11.5 Å². The van der Waals surface area contributed by atoms with Gasteiger partial charge in [0.25, 0.3) is 0 Å². The third-order valence-corrected chi connectivity index (χ3v) is 5.21. The molecule has 5 heteroatoms. The van der Waals surface area contributed by atoms with Gasteiger partial charge in [-0.05, 0) is 62.1 Å². The largest absolute Gasteiger partial charge is 0.490 e. The van der Waals surface area contributed by atoms with Crippen LogP contribution >= 0.6 is 0 Å². The molecule has 25 heavy (non-hydrogen) atoms. The summed E-state index contributed by atoms with van der Waals surface area (Å²) in [6.45, 7) is 1.43. The summed E-state index contributed by atoms with van der Waals surface area (Å²) < 4.78 is 12.1. The van der Waals surface area contributed by atoms with Crippen LogP contribution in [0.15, 0.2) is 18.2 Å². The minimum Gasteiger partial charge on any atom is -0.490 e. The SMILES string of the molecule is O=CC1CC[C@@H](c2ccc(OCCCO)c(OC3CCCC3)c2)CN1. The van der Waals surface area contributed by atoms with Gasteiger partial charge in [0.15, 0.2) is 11.5 Å². The standard InChI is InChI=1S/C20H29NO4/c22-10-3-11-24-19-9-7-15(16-6-8-17(14-23)21-13-16)12-20(19)25-18-4-1-2-5-18/h7,9,12,14,16-18,21-22H,1-6,8,10-11,13H2/t16-,17?/m1/s1. The Morgan fingerprint density at radius 3 is 2.68 bits per heavy atom. The Hall–Kier alpha value is -1.59. The van der Waals surface area contributed by atoms with E-state index in [4.69, 9.17) is 14.6 Å². The summed E-state index contributed by atoms with van der Waals surface area (Å²) >= 11 is 0. The average Bonchev–Trinajstić information content (AvgIpc) is 3.16. The summed E-state index contributed by atoms with van der Waals surface area (Å²) in [7, 11) is 0. The molecule has 1 unspecified atom stereocenters. The average molecular weight is 347 g/mol. The molecular formula is C20H29NO4. The molecule has 1 aromatic rings. The fourth-order valence-corrected chi connectivity index (χ4v) is 3.70. The number of rotatable bonds is 8. The van der Waals surface area contributed by atoms with Crippen molar-refractivity contribution in [3.05, 3.63) is 23.8 Å². The number of hydrogen-bond donors (Lipinski definition) is 2. The molecule has 0 aromatic heterocycles. The first-order chi connectivity index (χ1) is 12.3. The van der Waals surface area contributed by atoms with Crippen molar-refractivity contribution >= 4 is 6.29 Å². The van der Waals surface area contributed by atoms with Gasteiger partial charge in [-0.15, -0.1) is 0 Å². The summed E-state index contributed by atoms with van der Waals surface area (Å²) in [5.74, 6) is 1.98. The van der Waals surface area contributed by atoms with Crippen molar-refractivity contribution < 1.29 is 19.4 Å². The molecule has 1 saturated carbocycles. The third-order valence-electron chi connectivity index (χ3n) is 5.21. The zero-order valence-corrected chi connectivity index (χ0v) is 14.8. The van der Waals surface area contributed by atoms with Crippen LogP contribution in [0.25, 0.3) is 0 Å². The number of nitrogens with one attached hydrogen (secondary N) is 1. The lowest BCUT2D eigenvalue weighted by Gasteiger charge is -2.28. The molecule has 1 saturated heterocycles. The number of carbonyl (C=O) groups excluding carboxylic acids is 1. The molecule has 0 radical (unpaired) electrons. The van der Waals surface area contributed by atoms with Crippen LogP contribution in [0.3, 0.4) is 0 Å². The van der Waals surface area contributed by atoms with E-state index in [1.165, 1.54) is 18.4 Å². The highest BCUT2D eigenvalue weighted by Crippen LogP contribution is 2.36. The van der Waals surface area contributed by atoms with Gasteiger partial charge >= 0.3 is 0 Å². The Bertz CT molecular complexity index is 549. The Balaban J connectivity index is 1.71. The van der Waals surface area contributed by atoms with E-state index in [2.05, 4.69) is 17.4 Å². The monoisotopic (exact) mass is 347 g/mol. The van der Waals surface area contributed by atoms with Crippen LogP contribution in [0.2, 0.25) is 0 Å². The number of aliphatic hydroxyl groups excluding tert-OH is 1. The quantitative estimate of drug-likeness (QED) is 0.559. The Morgan fingerprint density at radius 1 is 1.16 bits per heavy atom. The number of carbonyl (C=O) groups is 1.